The summed E-state index contributed by atoms with van der Waals surface area (Å²) in [5.41, 5.74) is 3.88. The van der Waals surface area contributed by atoms with E-state index in [1.54, 1.807) is 22.0 Å². The van der Waals surface area contributed by atoms with Gasteiger partial charge in [-0.25, -0.2) is 0 Å². The van der Waals surface area contributed by atoms with Crippen LogP contribution in [0.3, 0.4) is 0 Å². The van der Waals surface area contributed by atoms with Gasteiger partial charge in [0.1, 0.15) is 24.4 Å². The summed E-state index contributed by atoms with van der Waals surface area (Å²) >= 11 is 24.1. The first-order chi connectivity index (χ1) is 24.0. The molecule has 4 aromatic rings. The molecule has 10 heteroatoms. The molecule has 4 aromatic carbocycles. The third kappa shape index (κ3) is 8.63. The molecule has 0 N–H and O–H groups in total. The van der Waals surface area contributed by atoms with Crippen molar-refractivity contribution in [3.63, 3.8) is 0 Å². The summed E-state index contributed by atoms with van der Waals surface area (Å²) in [6.07, 6.45) is 2.69. The molecule has 0 aromatic heterocycles. The molecule has 6 rings (SSSR count). The van der Waals surface area contributed by atoms with Crippen molar-refractivity contribution in [3.05, 3.63) is 165 Å². The number of carbonyl (C=O) groups is 2. The Labute approximate surface area is 313 Å². The Bertz CT molecular complexity index is 1650. The topological polar surface area (TPSA) is 59.1 Å². The van der Waals surface area contributed by atoms with Gasteiger partial charge >= 0.3 is 0 Å². The van der Waals surface area contributed by atoms with E-state index in [1.807, 2.05) is 111 Å². The summed E-state index contributed by atoms with van der Waals surface area (Å²) in [5.74, 6) is -0.102. The van der Waals surface area contributed by atoms with Gasteiger partial charge in [-0.3, -0.25) is 9.59 Å². The van der Waals surface area contributed by atoms with Crippen LogP contribution in [0.4, 0.5) is 0 Å². The number of hydrogen-bond acceptors (Lipinski definition) is 4. The van der Waals surface area contributed by atoms with Gasteiger partial charge < -0.3 is 19.3 Å². The van der Waals surface area contributed by atoms with Gasteiger partial charge in [0.2, 0.25) is 0 Å². The largest absolute Gasteiger partial charge is 0.358 e. The van der Waals surface area contributed by atoms with Gasteiger partial charge in [-0.05, 0) is 70.8 Å². The normalized spacial score (nSPS) is 23.6. The Kier molecular flexibility index (Phi) is 12.8. The lowest BCUT2D eigenvalue weighted by molar-refractivity contribution is -0.171. The van der Waals surface area contributed by atoms with Crippen LogP contribution in [0, 0.1) is 0 Å². The van der Waals surface area contributed by atoms with Crippen LogP contribution in [0.15, 0.2) is 122 Å². The summed E-state index contributed by atoms with van der Waals surface area (Å²) in [6.45, 7) is 7.46. The summed E-state index contributed by atoms with van der Waals surface area (Å²) in [4.78, 5) is 28.9. The second-order valence-electron chi connectivity index (χ2n) is 12.1. The molecule has 260 valence electrons. The van der Waals surface area contributed by atoms with Crippen LogP contribution in [0.1, 0.15) is 59.4 Å². The zero-order chi connectivity index (χ0) is 35.9. The molecule has 0 spiro atoms. The molecule has 0 radical (unpaired) electrons. The molecular weight excluding hydrogens is 714 g/mol. The first-order valence-electron chi connectivity index (χ1n) is 16.1. The van der Waals surface area contributed by atoms with Crippen LogP contribution in [0.25, 0.3) is 0 Å². The number of amides is 2. The summed E-state index contributed by atoms with van der Waals surface area (Å²) < 4.78 is 12.4. The number of hydrogen-bond donors (Lipinski definition) is 0. The van der Waals surface area contributed by atoms with Crippen LogP contribution >= 0.6 is 46.4 Å². The van der Waals surface area contributed by atoms with E-state index in [0.717, 1.165) is 22.3 Å². The highest BCUT2D eigenvalue weighted by Crippen LogP contribution is 2.43. The van der Waals surface area contributed by atoms with Gasteiger partial charge in [-0.15, -0.1) is 13.2 Å². The first kappa shape index (κ1) is 37.6. The lowest BCUT2D eigenvalue weighted by atomic mass is 9.91. The van der Waals surface area contributed by atoms with Crippen molar-refractivity contribution in [2.45, 2.75) is 49.3 Å². The predicted octanol–water partition coefficient (Wildman–Crippen LogP) is 10.4. The minimum absolute atomic E-state index is 0.0509. The molecule has 6 nitrogen and oxygen atoms in total. The molecule has 2 aliphatic rings. The smallest absolute Gasteiger partial charge is 0.252 e. The molecule has 0 aliphatic carbocycles. The zero-order valence-electron chi connectivity index (χ0n) is 27.7. The predicted molar refractivity (Wildman–Crippen MR) is 202 cm³/mol. The second kappa shape index (κ2) is 17.1. The maximum atomic E-state index is 12.7. The van der Waals surface area contributed by atoms with Crippen LogP contribution in [0.2, 0.25) is 20.1 Å². The third-order valence-corrected chi connectivity index (χ3v) is 9.87. The number of nitrogens with zero attached hydrogens (tertiary/aromatic N) is 2. The van der Waals surface area contributed by atoms with E-state index in [4.69, 9.17) is 55.9 Å². The molecule has 2 saturated heterocycles. The van der Waals surface area contributed by atoms with Gasteiger partial charge in [0.15, 0.2) is 0 Å². The molecule has 2 fully saturated rings. The lowest BCUT2D eigenvalue weighted by Crippen LogP contribution is -2.48. The van der Waals surface area contributed by atoms with Gasteiger partial charge in [-0.2, -0.15) is 0 Å². The van der Waals surface area contributed by atoms with Crippen LogP contribution in [0.5, 0.6) is 0 Å². The van der Waals surface area contributed by atoms with E-state index < -0.39 is 12.2 Å². The van der Waals surface area contributed by atoms with E-state index in [-0.39, 0.29) is 36.1 Å². The van der Waals surface area contributed by atoms with Crippen LogP contribution in [-0.4, -0.2) is 47.9 Å². The van der Waals surface area contributed by atoms with Crippen molar-refractivity contribution in [3.8, 4) is 0 Å². The molecule has 2 amide bonds. The summed E-state index contributed by atoms with van der Waals surface area (Å²) in [5, 5.41) is 2.63. The number of ether oxygens (including phenoxy) is 2. The molecular formula is C40H38Cl4N2O4. The molecule has 0 bridgehead atoms. The van der Waals surface area contributed by atoms with Crippen molar-refractivity contribution in [2.24, 2.45) is 0 Å². The fourth-order valence-electron chi connectivity index (χ4n) is 6.31. The highest BCUT2D eigenvalue weighted by atomic mass is 35.5. The Hall–Kier alpha value is -3.62. The fourth-order valence-corrected chi connectivity index (χ4v) is 6.82. The maximum Gasteiger partial charge on any atom is 0.252 e. The van der Waals surface area contributed by atoms with Gasteiger partial charge in [0.25, 0.3) is 11.8 Å². The van der Waals surface area contributed by atoms with E-state index in [2.05, 4.69) is 13.2 Å². The van der Waals surface area contributed by atoms with Gasteiger partial charge in [0, 0.05) is 47.0 Å². The highest BCUT2D eigenvalue weighted by molar-refractivity contribution is 6.31. The number of halogens is 4. The van der Waals surface area contributed by atoms with E-state index in [9.17, 15) is 9.59 Å². The van der Waals surface area contributed by atoms with E-state index >= 15 is 0 Å². The van der Waals surface area contributed by atoms with Crippen molar-refractivity contribution < 1.29 is 19.1 Å². The van der Waals surface area contributed by atoms with E-state index in [1.165, 1.54) is 0 Å². The van der Waals surface area contributed by atoms with Crippen molar-refractivity contribution in [2.75, 3.05) is 14.1 Å². The van der Waals surface area contributed by atoms with Crippen molar-refractivity contribution in [1.29, 1.82) is 0 Å². The Morgan fingerprint density at radius 1 is 0.520 bits per heavy atom. The lowest BCUT2D eigenvalue weighted by Gasteiger charge is -2.43. The Morgan fingerprint density at radius 3 is 1.04 bits per heavy atom. The molecule has 6 atom stereocenters. The Morgan fingerprint density at radius 2 is 0.780 bits per heavy atom. The number of benzene rings is 4. The zero-order valence-corrected chi connectivity index (χ0v) is 30.7. The van der Waals surface area contributed by atoms with Crippen LogP contribution in [-0.2, 0) is 19.1 Å². The minimum atomic E-state index is -0.535. The second-order valence-corrected chi connectivity index (χ2v) is 13.9. The molecule has 2 aliphatic heterocycles. The fraction of sp³-hybridized carbons (Fsp3) is 0.250. The van der Waals surface area contributed by atoms with Gasteiger partial charge in [-0.1, -0.05) is 107 Å². The number of morpholine rings is 2. The highest BCUT2D eigenvalue weighted by Gasteiger charge is 2.43. The van der Waals surface area contributed by atoms with Crippen molar-refractivity contribution in [1.82, 2.24) is 9.80 Å². The minimum Gasteiger partial charge on any atom is -0.358 e. The van der Waals surface area contributed by atoms with Gasteiger partial charge in [0.05, 0.1) is 12.1 Å². The molecule has 2 heterocycles. The average Bonchev–Trinajstić information content (AvgIpc) is 3.11. The van der Waals surface area contributed by atoms with Crippen LogP contribution < -0.4 is 0 Å². The SMILES string of the molecule is C=CC[C@@H]1O[C@@H](c2ccc(Cl)cc2)[C@@H](c2ccc(Cl)cc2)N(C)C1=O.C=CC[C@H]1O[C@H](c2ccc(Cl)cc2)[C@H](c2ccc(Cl)cc2)N(C)C1=O. The quantitative estimate of drug-likeness (QED) is 0.168. The molecule has 0 unspecified atom stereocenters. The summed E-state index contributed by atoms with van der Waals surface area (Å²) in [6, 6.07) is 29.6. The third-order valence-electron chi connectivity index (χ3n) is 8.86. The number of carbonyl (C=O) groups excluding carboxylic acids is 2. The summed E-state index contributed by atoms with van der Waals surface area (Å²) in [7, 11) is 3.62. The monoisotopic (exact) mass is 750 g/mol. The first-order valence-corrected chi connectivity index (χ1v) is 17.6. The molecule has 50 heavy (non-hydrogen) atoms. The maximum absolute atomic E-state index is 12.7. The molecule has 0 saturated carbocycles. The van der Waals surface area contributed by atoms with E-state index in [0.29, 0.717) is 32.9 Å². The standard InChI is InChI=1S/2C20H19Cl2NO2/c2*1-3-4-17-20(24)23(2)18(13-5-9-15(21)10-6-13)19(25-17)14-7-11-16(22)12-8-14/h2*3,5-12,17-19H,1,4H2,2H3/t2*17-,18+,19-/m10/s1. The average molecular weight is 753 g/mol. The van der Waals surface area contributed by atoms with Crippen molar-refractivity contribution >= 4 is 58.2 Å². The number of rotatable bonds is 8. The Balaban J connectivity index is 0.000000194. The number of likely N-dealkylation sites (N-methyl/N-ethyl adjacent to an activating group) is 2.